The second kappa shape index (κ2) is 12.3. The number of sulfonamides is 1. The molecule has 0 aromatic heterocycles. The van der Waals surface area contributed by atoms with Crippen molar-refractivity contribution in [3.63, 3.8) is 0 Å². The lowest BCUT2D eigenvalue weighted by Crippen LogP contribution is -2.51. The zero-order chi connectivity index (χ0) is 30.1. The maximum atomic E-state index is 13.8. The van der Waals surface area contributed by atoms with Crippen LogP contribution in [0.2, 0.25) is 0 Å². The topological polar surface area (TPSA) is 96.0 Å². The van der Waals surface area contributed by atoms with Gasteiger partial charge in [0.15, 0.2) is 0 Å². The van der Waals surface area contributed by atoms with E-state index in [1.54, 1.807) is 26.2 Å². The number of hydrogen-bond acceptors (Lipinski definition) is 5. The summed E-state index contributed by atoms with van der Waals surface area (Å²) in [6.07, 6.45) is 9.67. The lowest BCUT2D eigenvalue weighted by molar-refractivity contribution is -0.139. The zero-order valence-electron chi connectivity index (χ0n) is 25.3. The van der Waals surface area contributed by atoms with Gasteiger partial charge >= 0.3 is 0 Å². The van der Waals surface area contributed by atoms with Gasteiger partial charge < -0.3 is 15.0 Å². The number of nitrogens with zero attached hydrogens (tertiary/aromatic N) is 2. The van der Waals surface area contributed by atoms with E-state index in [0.29, 0.717) is 18.0 Å². The average molecular weight is 596 g/mol. The Hall–Kier alpha value is -3.07. The van der Waals surface area contributed by atoms with Crippen molar-refractivity contribution in [3.8, 4) is 5.75 Å². The van der Waals surface area contributed by atoms with Gasteiger partial charge in [-0.1, -0.05) is 31.2 Å². The molecule has 4 aliphatic carbocycles. The monoisotopic (exact) mass is 595 g/mol. The van der Waals surface area contributed by atoms with Crippen molar-refractivity contribution in [2.75, 3.05) is 30.8 Å². The van der Waals surface area contributed by atoms with E-state index < -0.39 is 28.5 Å². The fraction of sp³-hybridized carbons (Fsp3) is 0.576. The molecule has 4 aliphatic rings. The van der Waals surface area contributed by atoms with Crippen molar-refractivity contribution >= 4 is 27.5 Å². The molecule has 0 spiro atoms. The number of ether oxygens (including phenoxy) is 1. The third-order valence-electron chi connectivity index (χ3n) is 9.71. The lowest BCUT2D eigenvalue weighted by atomic mass is 9.48. The average Bonchev–Trinajstić information content (AvgIpc) is 2.96. The molecule has 9 heteroatoms. The smallest absolute Gasteiger partial charge is 0.244 e. The molecule has 0 saturated heterocycles. The number of nitrogens with one attached hydrogen (secondary N) is 1. The first kappa shape index (κ1) is 30.4. The molecule has 2 aromatic rings. The molecule has 0 unspecified atom stereocenters. The fourth-order valence-electron chi connectivity index (χ4n) is 7.97. The first-order valence-electron chi connectivity index (χ1n) is 15.3. The van der Waals surface area contributed by atoms with E-state index in [9.17, 15) is 18.0 Å². The van der Waals surface area contributed by atoms with E-state index in [-0.39, 0.29) is 17.9 Å². The molecule has 8 nitrogen and oxygen atoms in total. The summed E-state index contributed by atoms with van der Waals surface area (Å²) in [5.74, 6) is 2.41. The molecule has 2 amide bonds. The maximum absolute atomic E-state index is 13.8. The third kappa shape index (κ3) is 6.46. The minimum Gasteiger partial charge on any atom is -0.497 e. The van der Waals surface area contributed by atoms with Gasteiger partial charge in [0.05, 0.1) is 19.1 Å². The molecule has 1 N–H and O–H groups in total. The Morgan fingerprint density at radius 1 is 0.976 bits per heavy atom. The van der Waals surface area contributed by atoms with Gasteiger partial charge in [-0.2, -0.15) is 0 Å². The number of hydrogen-bond donors (Lipinski definition) is 1. The minimum absolute atomic E-state index is 0.159. The number of benzene rings is 2. The highest BCUT2D eigenvalue weighted by Gasteiger charge is 2.51. The Bertz CT molecular complexity index is 1340. The van der Waals surface area contributed by atoms with Gasteiger partial charge in [-0.15, -0.1) is 0 Å². The molecule has 6 rings (SSSR count). The van der Waals surface area contributed by atoms with Crippen LogP contribution in [0.4, 0.5) is 5.69 Å². The number of carbonyl (C=O) groups excluding carboxylic acids is 2. The highest BCUT2D eigenvalue weighted by molar-refractivity contribution is 7.92. The summed E-state index contributed by atoms with van der Waals surface area (Å²) < 4.78 is 32.5. The summed E-state index contributed by atoms with van der Waals surface area (Å²) in [7, 11) is -2.19. The molecule has 1 atom stereocenters. The Morgan fingerprint density at radius 3 is 2.05 bits per heavy atom. The SMILES string of the molecule is CCCNC(=O)[C@@H](C)N(Cc1ccc(OC)cc1)C(=O)CN(c1ccc(C23CC4CC(CC(C4)C2)C3)cc1)S(C)(=O)=O. The number of carbonyl (C=O) groups is 2. The van der Waals surface area contributed by atoms with Crippen LogP contribution in [0.1, 0.15) is 69.9 Å². The fourth-order valence-corrected chi connectivity index (χ4v) is 8.81. The predicted molar refractivity (Wildman–Crippen MR) is 165 cm³/mol. The number of amides is 2. The number of rotatable bonds is 12. The minimum atomic E-state index is -3.78. The molecule has 2 aromatic carbocycles. The summed E-state index contributed by atoms with van der Waals surface area (Å²) in [4.78, 5) is 28.2. The van der Waals surface area contributed by atoms with Crippen LogP contribution in [0.5, 0.6) is 5.75 Å². The van der Waals surface area contributed by atoms with Crippen LogP contribution in [0.15, 0.2) is 48.5 Å². The molecule has 4 saturated carbocycles. The molecule has 0 aliphatic heterocycles. The lowest BCUT2D eigenvalue weighted by Gasteiger charge is -2.57. The summed E-state index contributed by atoms with van der Waals surface area (Å²) in [5.41, 5.74) is 2.78. The first-order chi connectivity index (χ1) is 20.0. The van der Waals surface area contributed by atoms with Crippen LogP contribution >= 0.6 is 0 Å². The van der Waals surface area contributed by atoms with Gasteiger partial charge in [-0.05, 0) is 110 Å². The van der Waals surface area contributed by atoms with Crippen LogP contribution in [0.3, 0.4) is 0 Å². The molecule has 0 heterocycles. The molecular formula is C33H45N3O5S. The highest BCUT2D eigenvalue weighted by Crippen LogP contribution is 2.60. The highest BCUT2D eigenvalue weighted by atomic mass is 32.2. The van der Waals surface area contributed by atoms with Crippen molar-refractivity contribution in [2.24, 2.45) is 17.8 Å². The normalized spacial score (nSPS) is 25.1. The van der Waals surface area contributed by atoms with Crippen LogP contribution in [0.25, 0.3) is 0 Å². The zero-order valence-corrected chi connectivity index (χ0v) is 26.2. The van der Waals surface area contributed by atoms with E-state index in [1.807, 2.05) is 31.2 Å². The molecule has 0 radical (unpaired) electrons. The summed E-state index contributed by atoms with van der Waals surface area (Å²) in [6.45, 7) is 3.91. The van der Waals surface area contributed by atoms with Gasteiger partial charge in [0.1, 0.15) is 18.3 Å². The van der Waals surface area contributed by atoms with Crippen molar-refractivity contribution < 1.29 is 22.7 Å². The van der Waals surface area contributed by atoms with Crippen molar-refractivity contribution in [1.82, 2.24) is 10.2 Å². The molecule has 42 heavy (non-hydrogen) atoms. The maximum Gasteiger partial charge on any atom is 0.244 e. The van der Waals surface area contributed by atoms with Crippen LogP contribution < -0.4 is 14.4 Å². The molecule has 4 fully saturated rings. The summed E-state index contributed by atoms with van der Waals surface area (Å²) in [5, 5.41) is 2.86. The van der Waals surface area contributed by atoms with E-state index in [2.05, 4.69) is 17.4 Å². The van der Waals surface area contributed by atoms with Gasteiger partial charge in [0.2, 0.25) is 21.8 Å². The Labute approximate surface area is 250 Å². The third-order valence-corrected chi connectivity index (χ3v) is 10.9. The van der Waals surface area contributed by atoms with Crippen LogP contribution in [-0.4, -0.2) is 57.6 Å². The standard InChI is InChI=1S/C33H45N3O5S/c1-5-14-34-32(38)23(2)35(21-24-6-12-30(41-3)13-7-24)31(37)22-36(42(4,39)40)29-10-8-28(9-11-29)33-18-25-15-26(19-33)17-27(16-25)20-33/h6-13,23,25-27H,5,14-22H2,1-4H3,(H,34,38)/t23-,25?,26?,27?,33?/m1/s1. The number of anilines is 1. The summed E-state index contributed by atoms with van der Waals surface area (Å²) >= 11 is 0. The van der Waals surface area contributed by atoms with E-state index in [1.165, 1.54) is 49.0 Å². The van der Waals surface area contributed by atoms with E-state index in [4.69, 9.17) is 4.74 Å². The molecule has 4 bridgehead atoms. The van der Waals surface area contributed by atoms with Crippen molar-refractivity contribution in [3.05, 3.63) is 59.7 Å². The van der Waals surface area contributed by atoms with Gasteiger partial charge in [0, 0.05) is 13.1 Å². The molecule has 228 valence electrons. The second-order valence-electron chi connectivity index (χ2n) is 12.9. The Morgan fingerprint density at radius 2 is 1.55 bits per heavy atom. The van der Waals surface area contributed by atoms with Gasteiger partial charge in [-0.3, -0.25) is 13.9 Å². The Balaban J connectivity index is 1.37. The number of methoxy groups -OCH3 is 1. The first-order valence-corrected chi connectivity index (χ1v) is 17.1. The van der Waals surface area contributed by atoms with Crippen molar-refractivity contribution in [1.29, 1.82) is 0 Å². The van der Waals surface area contributed by atoms with Crippen LogP contribution in [-0.2, 0) is 31.6 Å². The van der Waals surface area contributed by atoms with Gasteiger partial charge in [-0.25, -0.2) is 8.42 Å². The van der Waals surface area contributed by atoms with Crippen LogP contribution in [0, 0.1) is 17.8 Å². The Kier molecular flexibility index (Phi) is 8.88. The largest absolute Gasteiger partial charge is 0.497 e. The van der Waals surface area contributed by atoms with Gasteiger partial charge in [0.25, 0.3) is 0 Å². The molecular weight excluding hydrogens is 550 g/mol. The van der Waals surface area contributed by atoms with Crippen molar-refractivity contribution in [2.45, 2.75) is 76.8 Å². The second-order valence-corrected chi connectivity index (χ2v) is 14.8. The van der Waals surface area contributed by atoms with E-state index in [0.717, 1.165) is 40.3 Å². The predicted octanol–water partition coefficient (Wildman–Crippen LogP) is 4.87. The van der Waals surface area contributed by atoms with E-state index >= 15 is 0 Å². The summed E-state index contributed by atoms with van der Waals surface area (Å²) in [6, 6.07) is 14.4. The quantitative estimate of drug-likeness (QED) is 0.378.